The van der Waals surface area contributed by atoms with Gasteiger partial charge >= 0.3 is 0 Å². The predicted octanol–water partition coefficient (Wildman–Crippen LogP) is 3.27. The van der Waals surface area contributed by atoms with Crippen molar-refractivity contribution in [3.8, 4) is 0 Å². The Kier molecular flexibility index (Phi) is 4.06. The second-order valence-corrected chi connectivity index (χ2v) is 6.76. The lowest BCUT2D eigenvalue weighted by molar-refractivity contribution is 0.0694. The van der Waals surface area contributed by atoms with Crippen molar-refractivity contribution in [3.05, 3.63) is 71.4 Å². The maximum absolute atomic E-state index is 13.2. The first-order chi connectivity index (χ1) is 12.1. The molecule has 0 unspecified atom stereocenters. The van der Waals surface area contributed by atoms with Crippen LogP contribution < -0.4 is 5.32 Å². The third-order valence-electron chi connectivity index (χ3n) is 5.19. The van der Waals surface area contributed by atoms with E-state index in [1.807, 2.05) is 46.8 Å². The predicted molar refractivity (Wildman–Crippen MR) is 101 cm³/mol. The summed E-state index contributed by atoms with van der Waals surface area (Å²) in [6.45, 7) is 4.34. The second-order valence-electron chi connectivity index (χ2n) is 6.76. The van der Waals surface area contributed by atoms with Crippen LogP contribution in [0, 0.1) is 6.92 Å². The minimum Gasteiger partial charge on any atom is -0.340 e. The summed E-state index contributed by atoms with van der Waals surface area (Å²) >= 11 is 0. The number of piperazine rings is 1. The molecule has 4 rings (SSSR count). The van der Waals surface area contributed by atoms with Gasteiger partial charge in [0, 0.05) is 43.6 Å². The number of carbonyl (C=O) groups excluding carboxylic acids is 1. The second kappa shape index (κ2) is 6.37. The van der Waals surface area contributed by atoms with Gasteiger partial charge < -0.3 is 14.8 Å². The van der Waals surface area contributed by atoms with Crippen molar-refractivity contribution in [1.82, 2.24) is 14.8 Å². The fraction of sp³-hybridized carbons (Fsp3) is 0.286. The number of fused-ring (bicyclic) bond motifs is 1. The molecule has 0 aliphatic carbocycles. The van der Waals surface area contributed by atoms with Gasteiger partial charge in [-0.1, -0.05) is 42.5 Å². The average Bonchev–Trinajstić information content (AvgIpc) is 3.00. The van der Waals surface area contributed by atoms with Crippen LogP contribution in [-0.4, -0.2) is 35.0 Å². The standard InChI is InChI=1S/C21H23N3O/c1-15-7-6-10-19-17(15)13-20(23(19)2)21(25)24-12-11-22-18(14-24)16-8-4-3-5-9-16/h3-10,13,18,22H,11-12,14H2,1-2H3/t18-/m1/s1. The summed E-state index contributed by atoms with van der Waals surface area (Å²) in [5, 5.41) is 4.68. The lowest BCUT2D eigenvalue weighted by atomic mass is 10.0. The quantitative estimate of drug-likeness (QED) is 0.781. The van der Waals surface area contributed by atoms with E-state index >= 15 is 0 Å². The molecule has 2 heterocycles. The zero-order chi connectivity index (χ0) is 17.4. The third kappa shape index (κ3) is 2.83. The SMILES string of the molecule is Cc1cccc2c1cc(C(=O)N1CCN[C@@H](c3ccccc3)C1)n2C. The van der Waals surface area contributed by atoms with Crippen molar-refractivity contribution in [2.75, 3.05) is 19.6 Å². The summed E-state index contributed by atoms with van der Waals surface area (Å²) < 4.78 is 2.02. The molecule has 25 heavy (non-hydrogen) atoms. The van der Waals surface area contributed by atoms with Crippen molar-refractivity contribution in [3.63, 3.8) is 0 Å². The molecule has 4 heteroatoms. The van der Waals surface area contributed by atoms with Crippen molar-refractivity contribution in [2.45, 2.75) is 13.0 Å². The lowest BCUT2D eigenvalue weighted by Gasteiger charge is -2.34. The molecule has 1 atom stereocenters. The van der Waals surface area contributed by atoms with Gasteiger partial charge in [-0.3, -0.25) is 4.79 Å². The number of carbonyl (C=O) groups is 1. The summed E-state index contributed by atoms with van der Waals surface area (Å²) in [7, 11) is 1.98. The van der Waals surface area contributed by atoms with E-state index in [1.54, 1.807) is 0 Å². The molecule has 1 aliphatic rings. The summed E-state index contributed by atoms with van der Waals surface area (Å²) in [6.07, 6.45) is 0. The zero-order valence-electron chi connectivity index (χ0n) is 14.7. The molecular weight excluding hydrogens is 310 g/mol. The van der Waals surface area contributed by atoms with E-state index in [0.29, 0.717) is 6.54 Å². The van der Waals surface area contributed by atoms with E-state index in [9.17, 15) is 4.79 Å². The molecular formula is C21H23N3O. The fourth-order valence-electron chi connectivity index (χ4n) is 3.72. The van der Waals surface area contributed by atoms with Gasteiger partial charge in [0.15, 0.2) is 0 Å². The number of aryl methyl sites for hydroxylation is 2. The maximum Gasteiger partial charge on any atom is 0.270 e. The van der Waals surface area contributed by atoms with Crippen molar-refractivity contribution >= 4 is 16.8 Å². The molecule has 0 bridgehead atoms. The largest absolute Gasteiger partial charge is 0.340 e. The highest BCUT2D eigenvalue weighted by Gasteiger charge is 2.27. The molecule has 0 saturated carbocycles. The van der Waals surface area contributed by atoms with Gasteiger partial charge in [-0.15, -0.1) is 0 Å². The lowest BCUT2D eigenvalue weighted by Crippen LogP contribution is -2.48. The molecule has 1 aliphatic heterocycles. The highest BCUT2D eigenvalue weighted by molar-refractivity contribution is 5.99. The molecule has 128 valence electrons. The number of amides is 1. The Morgan fingerprint density at radius 1 is 1.12 bits per heavy atom. The number of aromatic nitrogens is 1. The number of rotatable bonds is 2. The molecule has 3 aromatic rings. The molecule has 1 aromatic heterocycles. The Bertz CT molecular complexity index is 914. The monoisotopic (exact) mass is 333 g/mol. The highest BCUT2D eigenvalue weighted by atomic mass is 16.2. The first kappa shape index (κ1) is 15.9. The first-order valence-electron chi connectivity index (χ1n) is 8.78. The van der Waals surface area contributed by atoms with Crippen LogP contribution in [0.3, 0.4) is 0 Å². The van der Waals surface area contributed by atoms with E-state index in [1.165, 1.54) is 11.1 Å². The van der Waals surface area contributed by atoms with Gasteiger partial charge in [0.1, 0.15) is 5.69 Å². The number of hydrogen-bond acceptors (Lipinski definition) is 2. The van der Waals surface area contributed by atoms with Crippen molar-refractivity contribution in [1.29, 1.82) is 0 Å². The normalized spacial score (nSPS) is 17.8. The molecule has 4 nitrogen and oxygen atoms in total. The Balaban J connectivity index is 1.63. The minimum absolute atomic E-state index is 0.112. The van der Waals surface area contributed by atoms with Gasteiger partial charge in [-0.2, -0.15) is 0 Å². The number of nitrogens with one attached hydrogen (secondary N) is 1. The van der Waals surface area contributed by atoms with Crippen LogP contribution in [0.4, 0.5) is 0 Å². The molecule has 0 radical (unpaired) electrons. The van der Waals surface area contributed by atoms with E-state index in [4.69, 9.17) is 0 Å². The van der Waals surface area contributed by atoms with Crippen LogP contribution in [0.25, 0.3) is 10.9 Å². The van der Waals surface area contributed by atoms with E-state index < -0.39 is 0 Å². The summed E-state index contributed by atoms with van der Waals surface area (Å²) in [5.74, 6) is 0.112. The van der Waals surface area contributed by atoms with Crippen LogP contribution in [0.1, 0.15) is 27.7 Å². The molecule has 1 saturated heterocycles. The fourth-order valence-corrected chi connectivity index (χ4v) is 3.72. The Morgan fingerprint density at radius 2 is 1.92 bits per heavy atom. The van der Waals surface area contributed by atoms with Crippen LogP contribution in [0.5, 0.6) is 0 Å². The number of hydrogen-bond donors (Lipinski definition) is 1. The smallest absolute Gasteiger partial charge is 0.270 e. The maximum atomic E-state index is 13.2. The molecule has 1 amide bonds. The van der Waals surface area contributed by atoms with Crippen molar-refractivity contribution < 1.29 is 4.79 Å². The van der Waals surface area contributed by atoms with Gasteiger partial charge in [-0.05, 0) is 30.2 Å². The average molecular weight is 333 g/mol. The first-order valence-corrected chi connectivity index (χ1v) is 8.78. The number of benzene rings is 2. The van der Waals surface area contributed by atoms with Gasteiger partial charge in [0.25, 0.3) is 5.91 Å². The Labute approximate surface area is 148 Å². The minimum atomic E-state index is 0.112. The topological polar surface area (TPSA) is 37.3 Å². The molecule has 2 aromatic carbocycles. The van der Waals surface area contributed by atoms with Gasteiger partial charge in [0.05, 0.1) is 0 Å². The highest BCUT2D eigenvalue weighted by Crippen LogP contribution is 2.24. The van der Waals surface area contributed by atoms with Crippen LogP contribution in [0.2, 0.25) is 0 Å². The molecule has 0 spiro atoms. The molecule has 1 N–H and O–H groups in total. The van der Waals surface area contributed by atoms with Gasteiger partial charge in [-0.25, -0.2) is 0 Å². The van der Waals surface area contributed by atoms with Gasteiger partial charge in [0.2, 0.25) is 0 Å². The summed E-state index contributed by atoms with van der Waals surface area (Å²) in [6, 6.07) is 18.8. The molecule has 1 fully saturated rings. The summed E-state index contributed by atoms with van der Waals surface area (Å²) in [4.78, 5) is 15.1. The van der Waals surface area contributed by atoms with E-state index in [-0.39, 0.29) is 11.9 Å². The number of nitrogens with zero attached hydrogens (tertiary/aromatic N) is 2. The van der Waals surface area contributed by atoms with E-state index in [0.717, 1.165) is 29.7 Å². The third-order valence-corrected chi connectivity index (χ3v) is 5.19. The zero-order valence-corrected chi connectivity index (χ0v) is 14.7. The van der Waals surface area contributed by atoms with E-state index in [2.05, 4.69) is 36.5 Å². The summed E-state index contributed by atoms with van der Waals surface area (Å²) in [5.41, 5.74) is 4.30. The van der Waals surface area contributed by atoms with Crippen LogP contribution >= 0.6 is 0 Å². The van der Waals surface area contributed by atoms with Crippen molar-refractivity contribution in [2.24, 2.45) is 7.05 Å². The van der Waals surface area contributed by atoms with Crippen LogP contribution in [-0.2, 0) is 7.05 Å². The Morgan fingerprint density at radius 3 is 2.68 bits per heavy atom. The Hall–Kier alpha value is -2.59. The van der Waals surface area contributed by atoms with Crippen LogP contribution in [0.15, 0.2) is 54.6 Å².